The largest absolute Gasteiger partial charge is 0.395 e. The lowest BCUT2D eigenvalue weighted by Crippen LogP contribution is -2.09. The van der Waals surface area contributed by atoms with E-state index in [0.717, 1.165) is 46.1 Å². The van der Waals surface area contributed by atoms with Gasteiger partial charge in [-0.05, 0) is 42.2 Å². The average Bonchev–Trinajstić information content (AvgIpc) is 3.48. The second-order valence-electron chi connectivity index (χ2n) is 6.45. The van der Waals surface area contributed by atoms with Crippen molar-refractivity contribution in [2.45, 2.75) is 24.7 Å². The summed E-state index contributed by atoms with van der Waals surface area (Å²) in [6.45, 7) is -0.259. The third-order valence-corrected chi connectivity index (χ3v) is 4.74. The van der Waals surface area contributed by atoms with Gasteiger partial charge in [-0.2, -0.15) is 5.26 Å². The lowest BCUT2D eigenvalue weighted by molar-refractivity contribution is 0.285. The Bertz CT molecular complexity index is 972. The zero-order valence-electron chi connectivity index (χ0n) is 13.6. The van der Waals surface area contributed by atoms with Gasteiger partial charge in [0.25, 0.3) is 0 Å². The number of aliphatic hydroxyl groups excluding tert-OH is 1. The number of para-hydroxylation sites is 1. The maximum Gasteiger partial charge on any atom is 0.123 e. The molecule has 1 heterocycles. The molecule has 0 spiro atoms. The van der Waals surface area contributed by atoms with Crippen molar-refractivity contribution in [1.82, 2.24) is 4.98 Å². The molecule has 0 saturated heterocycles. The van der Waals surface area contributed by atoms with Crippen molar-refractivity contribution >= 4 is 10.9 Å². The zero-order valence-corrected chi connectivity index (χ0v) is 13.6. The van der Waals surface area contributed by atoms with Gasteiger partial charge in [0.05, 0.1) is 24.1 Å². The van der Waals surface area contributed by atoms with Gasteiger partial charge < -0.3 is 5.11 Å². The predicted octanol–water partition coefficient (Wildman–Crippen LogP) is 4.52. The van der Waals surface area contributed by atoms with Gasteiger partial charge in [-0.15, -0.1) is 0 Å². The quantitative estimate of drug-likeness (QED) is 0.764. The van der Waals surface area contributed by atoms with E-state index in [9.17, 15) is 14.8 Å². The maximum absolute atomic E-state index is 13.4. The van der Waals surface area contributed by atoms with Crippen LogP contribution in [-0.2, 0) is 0 Å². The third-order valence-electron chi connectivity index (χ3n) is 4.74. The summed E-state index contributed by atoms with van der Waals surface area (Å²) in [5.74, 6) is -0.612. The normalized spacial score (nSPS) is 15.1. The van der Waals surface area contributed by atoms with Crippen LogP contribution in [0.4, 0.5) is 4.39 Å². The van der Waals surface area contributed by atoms with Crippen LogP contribution < -0.4 is 0 Å². The summed E-state index contributed by atoms with van der Waals surface area (Å²) in [4.78, 5) is 4.82. The fourth-order valence-corrected chi connectivity index (χ4v) is 3.39. The van der Waals surface area contributed by atoms with Crippen molar-refractivity contribution in [3.8, 4) is 17.2 Å². The number of halogens is 1. The Morgan fingerprint density at radius 2 is 1.88 bits per heavy atom. The SMILES string of the molecule is N#CC(CO)c1c(C2CC2)nc2ccccc2c1-c1ccc(F)cc1. The second kappa shape index (κ2) is 6.27. The molecule has 1 unspecified atom stereocenters. The molecule has 0 aliphatic heterocycles. The highest BCUT2D eigenvalue weighted by molar-refractivity contribution is 5.97. The van der Waals surface area contributed by atoms with Gasteiger partial charge >= 0.3 is 0 Å². The Morgan fingerprint density at radius 3 is 2.52 bits per heavy atom. The van der Waals surface area contributed by atoms with E-state index < -0.39 is 5.92 Å². The van der Waals surface area contributed by atoms with E-state index in [2.05, 4.69) is 6.07 Å². The molecule has 124 valence electrons. The molecular formula is C21H17FN2O. The number of nitriles is 1. The first-order chi connectivity index (χ1) is 12.2. The lowest BCUT2D eigenvalue weighted by Gasteiger charge is -2.20. The van der Waals surface area contributed by atoms with Crippen LogP contribution in [0.3, 0.4) is 0 Å². The summed E-state index contributed by atoms with van der Waals surface area (Å²) in [6, 6.07) is 16.3. The van der Waals surface area contributed by atoms with Gasteiger partial charge in [-0.3, -0.25) is 4.98 Å². The number of hydrogen-bond acceptors (Lipinski definition) is 3. The molecule has 1 saturated carbocycles. The highest BCUT2D eigenvalue weighted by Crippen LogP contribution is 2.47. The number of aliphatic hydroxyl groups is 1. The first kappa shape index (κ1) is 15.7. The monoisotopic (exact) mass is 332 g/mol. The number of aromatic nitrogens is 1. The smallest absolute Gasteiger partial charge is 0.123 e. The number of hydrogen-bond donors (Lipinski definition) is 1. The molecule has 2 aromatic carbocycles. The fraction of sp³-hybridized carbons (Fsp3) is 0.238. The van der Waals surface area contributed by atoms with Gasteiger partial charge in [-0.1, -0.05) is 30.3 Å². The van der Waals surface area contributed by atoms with Crippen molar-refractivity contribution in [2.75, 3.05) is 6.61 Å². The van der Waals surface area contributed by atoms with Gasteiger partial charge in [0, 0.05) is 22.6 Å². The van der Waals surface area contributed by atoms with Gasteiger partial charge in [0.15, 0.2) is 0 Å². The van der Waals surface area contributed by atoms with Gasteiger partial charge in [-0.25, -0.2) is 4.39 Å². The molecule has 0 bridgehead atoms. The molecule has 1 aromatic heterocycles. The summed E-state index contributed by atoms with van der Waals surface area (Å²) < 4.78 is 13.4. The first-order valence-corrected chi connectivity index (χ1v) is 8.42. The van der Waals surface area contributed by atoms with Crippen LogP contribution in [0.1, 0.15) is 35.9 Å². The summed E-state index contributed by atoms with van der Waals surface area (Å²) >= 11 is 0. The molecular weight excluding hydrogens is 315 g/mol. The molecule has 1 aliphatic rings. The van der Waals surface area contributed by atoms with E-state index in [1.807, 2.05) is 24.3 Å². The lowest BCUT2D eigenvalue weighted by atomic mass is 9.86. The van der Waals surface area contributed by atoms with E-state index in [-0.39, 0.29) is 12.4 Å². The van der Waals surface area contributed by atoms with Crippen LogP contribution in [0, 0.1) is 17.1 Å². The molecule has 1 N–H and O–H groups in total. The molecule has 3 aromatic rings. The minimum atomic E-state index is -0.646. The topological polar surface area (TPSA) is 56.9 Å². The average molecular weight is 332 g/mol. The highest BCUT2D eigenvalue weighted by atomic mass is 19.1. The van der Waals surface area contributed by atoms with E-state index in [0.29, 0.717) is 5.92 Å². The minimum absolute atomic E-state index is 0.259. The number of pyridine rings is 1. The summed E-state index contributed by atoms with van der Waals surface area (Å²) in [5.41, 5.74) is 4.28. The van der Waals surface area contributed by atoms with Crippen LogP contribution >= 0.6 is 0 Å². The summed E-state index contributed by atoms with van der Waals surface area (Å²) in [7, 11) is 0. The molecule has 0 amide bonds. The molecule has 1 aliphatic carbocycles. The van der Waals surface area contributed by atoms with Crippen LogP contribution in [0.25, 0.3) is 22.0 Å². The third kappa shape index (κ3) is 2.77. The Hall–Kier alpha value is -2.77. The molecule has 1 fully saturated rings. The van der Waals surface area contributed by atoms with Gasteiger partial charge in [0.2, 0.25) is 0 Å². The van der Waals surface area contributed by atoms with Crippen molar-refractivity contribution in [3.05, 3.63) is 65.6 Å². The van der Waals surface area contributed by atoms with Crippen molar-refractivity contribution in [1.29, 1.82) is 5.26 Å². The Balaban J connectivity index is 2.10. The zero-order chi connectivity index (χ0) is 17.4. The van der Waals surface area contributed by atoms with E-state index in [4.69, 9.17) is 4.98 Å². The number of rotatable bonds is 4. The molecule has 4 heteroatoms. The van der Waals surface area contributed by atoms with E-state index >= 15 is 0 Å². The predicted molar refractivity (Wildman–Crippen MR) is 94.6 cm³/mol. The molecule has 1 atom stereocenters. The molecule has 0 radical (unpaired) electrons. The highest BCUT2D eigenvalue weighted by Gasteiger charge is 2.33. The second-order valence-corrected chi connectivity index (χ2v) is 6.45. The van der Waals surface area contributed by atoms with E-state index in [1.165, 1.54) is 12.1 Å². The summed E-state index contributed by atoms with van der Waals surface area (Å²) in [5, 5.41) is 20.3. The number of fused-ring (bicyclic) bond motifs is 1. The Morgan fingerprint density at radius 1 is 1.16 bits per heavy atom. The van der Waals surface area contributed by atoms with E-state index in [1.54, 1.807) is 12.1 Å². The Labute approximate surface area is 145 Å². The van der Waals surface area contributed by atoms with Crippen molar-refractivity contribution in [3.63, 3.8) is 0 Å². The number of nitrogens with zero attached hydrogens (tertiary/aromatic N) is 2. The molecule has 4 rings (SSSR count). The van der Waals surface area contributed by atoms with Crippen LogP contribution in [-0.4, -0.2) is 16.7 Å². The molecule has 25 heavy (non-hydrogen) atoms. The number of benzene rings is 2. The van der Waals surface area contributed by atoms with Crippen molar-refractivity contribution in [2.24, 2.45) is 0 Å². The summed E-state index contributed by atoms with van der Waals surface area (Å²) in [6.07, 6.45) is 2.09. The van der Waals surface area contributed by atoms with Crippen LogP contribution in [0.2, 0.25) is 0 Å². The van der Waals surface area contributed by atoms with Crippen LogP contribution in [0.15, 0.2) is 48.5 Å². The van der Waals surface area contributed by atoms with Crippen molar-refractivity contribution < 1.29 is 9.50 Å². The standard InChI is InChI=1S/C21H17FN2O/c22-16-9-7-13(8-10-16)19-17-3-1-2-4-18(17)24-21(14-5-6-14)20(19)15(11-23)12-25/h1-4,7-10,14-15,25H,5-6,12H2. The maximum atomic E-state index is 13.4. The minimum Gasteiger partial charge on any atom is -0.395 e. The van der Waals surface area contributed by atoms with Gasteiger partial charge in [0.1, 0.15) is 5.82 Å². The fourth-order valence-electron chi connectivity index (χ4n) is 3.39. The first-order valence-electron chi connectivity index (χ1n) is 8.42. The Kier molecular flexibility index (Phi) is 3.95. The molecule has 3 nitrogen and oxygen atoms in total. The van der Waals surface area contributed by atoms with Crippen LogP contribution in [0.5, 0.6) is 0 Å².